The van der Waals surface area contributed by atoms with E-state index in [1.165, 1.54) is 0 Å². The molecule has 0 aromatic carbocycles. The van der Waals surface area contributed by atoms with Crippen molar-refractivity contribution >= 4 is 0 Å². The number of aromatic nitrogens is 2. The van der Waals surface area contributed by atoms with E-state index in [0.29, 0.717) is 11.8 Å². The molecule has 0 fully saturated rings. The smallest absolute Gasteiger partial charge is 0.233 e. The van der Waals surface area contributed by atoms with Crippen LogP contribution in [0.1, 0.15) is 63.8 Å². The molecular formula is C11H21N3O. The number of nitrogens with zero attached hydrogens (tertiary/aromatic N) is 2. The van der Waals surface area contributed by atoms with Gasteiger partial charge in [-0.2, -0.15) is 0 Å². The van der Waals surface area contributed by atoms with Crippen molar-refractivity contribution in [3.05, 3.63) is 11.8 Å². The summed E-state index contributed by atoms with van der Waals surface area (Å²) in [7, 11) is 1.91. The predicted octanol–water partition coefficient (Wildman–Crippen LogP) is 2.64. The van der Waals surface area contributed by atoms with Gasteiger partial charge < -0.3 is 9.73 Å². The lowest BCUT2D eigenvalue weighted by atomic mass is 10.1. The minimum atomic E-state index is 0.181. The van der Waals surface area contributed by atoms with E-state index in [1.807, 2.05) is 7.05 Å². The Hall–Kier alpha value is -0.900. The summed E-state index contributed by atoms with van der Waals surface area (Å²) < 4.78 is 5.66. The zero-order valence-electron chi connectivity index (χ0n) is 10.1. The molecule has 1 rings (SSSR count). The van der Waals surface area contributed by atoms with Crippen LogP contribution in [0.2, 0.25) is 0 Å². The second-order valence-electron chi connectivity index (χ2n) is 3.92. The largest absolute Gasteiger partial charge is 0.423 e. The van der Waals surface area contributed by atoms with Crippen LogP contribution < -0.4 is 5.32 Å². The van der Waals surface area contributed by atoms with Gasteiger partial charge in [0.05, 0.1) is 6.04 Å². The molecule has 0 bridgehead atoms. The van der Waals surface area contributed by atoms with Crippen LogP contribution in [0.3, 0.4) is 0 Å². The Labute approximate surface area is 91.5 Å². The first-order valence-electron chi connectivity index (χ1n) is 5.73. The van der Waals surface area contributed by atoms with Gasteiger partial charge in [0.15, 0.2) is 0 Å². The van der Waals surface area contributed by atoms with E-state index in [9.17, 15) is 0 Å². The first-order valence-corrected chi connectivity index (χ1v) is 5.73. The molecule has 86 valence electrons. The lowest BCUT2D eigenvalue weighted by Gasteiger charge is -2.08. The molecule has 0 saturated heterocycles. The minimum Gasteiger partial charge on any atom is -0.423 e. The minimum absolute atomic E-state index is 0.181. The molecule has 1 aromatic rings. The number of nitrogens with one attached hydrogen (secondary N) is 1. The molecule has 2 unspecified atom stereocenters. The highest BCUT2D eigenvalue weighted by atomic mass is 16.4. The van der Waals surface area contributed by atoms with Crippen molar-refractivity contribution in [1.82, 2.24) is 15.5 Å². The molecule has 0 saturated carbocycles. The van der Waals surface area contributed by atoms with E-state index < -0.39 is 0 Å². The molecule has 1 N–H and O–H groups in total. The van der Waals surface area contributed by atoms with Crippen LogP contribution >= 0.6 is 0 Å². The van der Waals surface area contributed by atoms with Gasteiger partial charge >= 0.3 is 0 Å². The van der Waals surface area contributed by atoms with Gasteiger partial charge in [-0.15, -0.1) is 10.2 Å². The van der Waals surface area contributed by atoms with Crippen molar-refractivity contribution in [2.45, 2.75) is 52.0 Å². The first kappa shape index (κ1) is 12.2. The molecule has 0 amide bonds. The third-order valence-corrected chi connectivity index (χ3v) is 2.65. The molecule has 1 aromatic heterocycles. The summed E-state index contributed by atoms with van der Waals surface area (Å²) in [5.41, 5.74) is 0. The van der Waals surface area contributed by atoms with Crippen LogP contribution in [0.5, 0.6) is 0 Å². The quantitative estimate of drug-likeness (QED) is 0.786. The summed E-state index contributed by atoms with van der Waals surface area (Å²) in [4.78, 5) is 0. The van der Waals surface area contributed by atoms with E-state index >= 15 is 0 Å². The van der Waals surface area contributed by atoms with Crippen molar-refractivity contribution in [1.29, 1.82) is 0 Å². The second-order valence-corrected chi connectivity index (χ2v) is 3.92. The fraction of sp³-hybridized carbons (Fsp3) is 0.818. The monoisotopic (exact) mass is 211 g/mol. The lowest BCUT2D eigenvalue weighted by molar-refractivity contribution is 0.368. The second kappa shape index (κ2) is 5.85. The zero-order chi connectivity index (χ0) is 11.3. The third kappa shape index (κ3) is 3.02. The Balaban J connectivity index is 2.70. The Kier molecular flexibility index (Phi) is 4.75. The number of rotatable bonds is 6. The van der Waals surface area contributed by atoms with Gasteiger partial charge in [-0.25, -0.2) is 0 Å². The van der Waals surface area contributed by atoms with Crippen LogP contribution in [-0.2, 0) is 0 Å². The highest BCUT2D eigenvalue weighted by Gasteiger charge is 2.17. The van der Waals surface area contributed by atoms with Gasteiger partial charge in [0.25, 0.3) is 0 Å². The van der Waals surface area contributed by atoms with E-state index in [1.54, 1.807) is 0 Å². The highest BCUT2D eigenvalue weighted by Crippen LogP contribution is 2.22. The molecule has 0 aliphatic rings. The van der Waals surface area contributed by atoms with E-state index in [-0.39, 0.29) is 6.04 Å². The molecule has 0 spiro atoms. The molecule has 0 aliphatic carbocycles. The van der Waals surface area contributed by atoms with E-state index in [2.05, 4.69) is 36.3 Å². The maximum absolute atomic E-state index is 5.66. The fourth-order valence-corrected chi connectivity index (χ4v) is 1.65. The Morgan fingerprint density at radius 2 is 1.93 bits per heavy atom. The molecule has 15 heavy (non-hydrogen) atoms. The van der Waals surface area contributed by atoms with Gasteiger partial charge in [0.1, 0.15) is 0 Å². The summed E-state index contributed by atoms with van der Waals surface area (Å²) >= 11 is 0. The lowest BCUT2D eigenvalue weighted by Crippen LogP contribution is -2.15. The average molecular weight is 211 g/mol. The van der Waals surface area contributed by atoms with Crippen LogP contribution in [0, 0.1) is 0 Å². The molecule has 4 heteroatoms. The average Bonchev–Trinajstić information content (AvgIpc) is 2.69. The fourth-order valence-electron chi connectivity index (χ4n) is 1.65. The summed E-state index contributed by atoms with van der Waals surface area (Å²) in [5, 5.41) is 11.3. The van der Waals surface area contributed by atoms with Gasteiger partial charge in [-0.05, 0) is 19.9 Å². The number of hydrogen-bond donors (Lipinski definition) is 1. The molecule has 0 radical (unpaired) electrons. The Morgan fingerprint density at radius 1 is 1.27 bits per heavy atom. The van der Waals surface area contributed by atoms with Gasteiger partial charge in [0, 0.05) is 5.92 Å². The normalized spacial score (nSPS) is 15.2. The van der Waals surface area contributed by atoms with Crippen molar-refractivity contribution in [2.75, 3.05) is 7.05 Å². The summed E-state index contributed by atoms with van der Waals surface area (Å²) in [6.45, 7) is 6.39. The molecule has 0 aliphatic heterocycles. The number of hydrogen-bond acceptors (Lipinski definition) is 4. The Morgan fingerprint density at radius 3 is 2.47 bits per heavy atom. The van der Waals surface area contributed by atoms with Crippen LogP contribution in [0.4, 0.5) is 0 Å². The molecule has 2 atom stereocenters. The van der Waals surface area contributed by atoms with Gasteiger partial charge in [0.2, 0.25) is 11.8 Å². The summed E-state index contributed by atoms with van der Waals surface area (Å²) in [6, 6.07) is 0.181. The zero-order valence-corrected chi connectivity index (χ0v) is 10.1. The summed E-state index contributed by atoms with van der Waals surface area (Å²) in [6.07, 6.45) is 3.19. The maximum Gasteiger partial charge on any atom is 0.233 e. The summed E-state index contributed by atoms with van der Waals surface area (Å²) in [5.74, 6) is 1.84. The van der Waals surface area contributed by atoms with E-state index in [4.69, 9.17) is 4.42 Å². The van der Waals surface area contributed by atoms with Gasteiger partial charge in [-0.3, -0.25) is 0 Å². The topological polar surface area (TPSA) is 51.0 Å². The van der Waals surface area contributed by atoms with E-state index in [0.717, 1.165) is 25.2 Å². The standard InChI is InChI=1S/C11H21N3O/c1-5-7-8(3)10-13-14-11(15-10)9(6-2)12-4/h8-9,12H,5-7H2,1-4H3. The Bertz CT molecular complexity index is 281. The highest BCUT2D eigenvalue weighted by molar-refractivity contribution is 4.93. The van der Waals surface area contributed by atoms with Crippen molar-refractivity contribution in [3.8, 4) is 0 Å². The third-order valence-electron chi connectivity index (χ3n) is 2.65. The first-order chi connectivity index (χ1) is 7.22. The van der Waals surface area contributed by atoms with Crippen molar-refractivity contribution in [3.63, 3.8) is 0 Å². The SMILES string of the molecule is CCCC(C)c1nnc(C(CC)NC)o1. The van der Waals surface area contributed by atoms with Crippen molar-refractivity contribution in [2.24, 2.45) is 0 Å². The van der Waals surface area contributed by atoms with Crippen LogP contribution in [0.25, 0.3) is 0 Å². The predicted molar refractivity (Wildman–Crippen MR) is 59.7 cm³/mol. The van der Waals surface area contributed by atoms with Crippen molar-refractivity contribution < 1.29 is 4.42 Å². The molecular weight excluding hydrogens is 190 g/mol. The maximum atomic E-state index is 5.66. The molecule has 4 nitrogen and oxygen atoms in total. The van der Waals surface area contributed by atoms with Crippen LogP contribution in [0.15, 0.2) is 4.42 Å². The van der Waals surface area contributed by atoms with Gasteiger partial charge in [-0.1, -0.05) is 27.2 Å². The van der Waals surface area contributed by atoms with Crippen LogP contribution in [-0.4, -0.2) is 17.2 Å². The molecule has 1 heterocycles.